The Bertz CT molecular complexity index is 1050. The van der Waals surface area contributed by atoms with E-state index in [1.807, 2.05) is 44.5 Å². The first-order valence-corrected chi connectivity index (χ1v) is 9.80. The average molecular weight is 379 g/mol. The van der Waals surface area contributed by atoms with Crippen molar-refractivity contribution in [3.05, 3.63) is 65.2 Å². The number of carbonyl (C=O) groups excluding carboxylic acids is 1. The summed E-state index contributed by atoms with van der Waals surface area (Å²) in [6, 6.07) is 8.66. The molecule has 4 nitrogen and oxygen atoms in total. The first-order chi connectivity index (χ1) is 13.3. The van der Waals surface area contributed by atoms with Crippen LogP contribution in [-0.4, -0.2) is 21.0 Å². The van der Waals surface area contributed by atoms with Gasteiger partial charge in [-0.15, -0.1) is 0 Å². The molecule has 0 saturated heterocycles. The topological polar surface area (TPSA) is 46.9 Å². The summed E-state index contributed by atoms with van der Waals surface area (Å²) >= 11 is 0. The van der Waals surface area contributed by atoms with Gasteiger partial charge in [0.25, 0.3) is 5.91 Å². The van der Waals surface area contributed by atoms with Crippen molar-refractivity contribution in [1.29, 1.82) is 0 Å². The fourth-order valence-corrected chi connectivity index (χ4v) is 3.82. The molecule has 1 aliphatic rings. The molecule has 0 radical (unpaired) electrons. The third-order valence-electron chi connectivity index (χ3n) is 6.01. The molecule has 0 spiro atoms. The monoisotopic (exact) mass is 379 g/mol. The van der Waals surface area contributed by atoms with E-state index in [1.54, 1.807) is 18.3 Å². The number of aromatic nitrogens is 2. The van der Waals surface area contributed by atoms with Crippen molar-refractivity contribution in [2.75, 3.05) is 0 Å². The number of halogens is 1. The first-order valence-electron chi connectivity index (χ1n) is 9.80. The normalized spacial score (nSPS) is 15.6. The van der Waals surface area contributed by atoms with Gasteiger partial charge in [0.05, 0.1) is 5.56 Å². The third kappa shape index (κ3) is 3.30. The van der Waals surface area contributed by atoms with Crippen LogP contribution in [0.2, 0.25) is 0 Å². The molecule has 1 aromatic carbocycles. The van der Waals surface area contributed by atoms with E-state index in [0.29, 0.717) is 17.0 Å². The van der Waals surface area contributed by atoms with E-state index in [-0.39, 0.29) is 17.6 Å². The standard InChI is InChI=1S/C23H26FN3O/c1-14(17-7-5-6-8-20(17)24)23(2,3)26-22(28)16-11-18-19(15-9-10-15)13-27(4)21(18)25-12-16/h5-8,11-15H,9-10H2,1-4H3,(H,26,28). The highest BCUT2D eigenvalue weighted by Gasteiger charge is 2.32. The highest BCUT2D eigenvalue weighted by atomic mass is 19.1. The molecule has 1 fully saturated rings. The minimum absolute atomic E-state index is 0.187. The van der Waals surface area contributed by atoms with Crippen LogP contribution in [0.1, 0.15) is 66.9 Å². The van der Waals surface area contributed by atoms with Gasteiger partial charge in [0.1, 0.15) is 11.5 Å². The predicted molar refractivity (Wildman–Crippen MR) is 109 cm³/mol. The largest absolute Gasteiger partial charge is 0.347 e. The van der Waals surface area contributed by atoms with E-state index in [2.05, 4.69) is 16.5 Å². The molecule has 0 bridgehead atoms. The van der Waals surface area contributed by atoms with Crippen LogP contribution < -0.4 is 5.32 Å². The zero-order valence-electron chi connectivity index (χ0n) is 16.8. The predicted octanol–water partition coefficient (Wildman–Crippen LogP) is 4.90. The van der Waals surface area contributed by atoms with Crippen LogP contribution in [0.4, 0.5) is 4.39 Å². The molecule has 0 aliphatic heterocycles. The number of nitrogens with zero attached hydrogens (tertiary/aromatic N) is 2. The number of carbonyl (C=O) groups is 1. The van der Waals surface area contributed by atoms with Gasteiger partial charge in [-0.1, -0.05) is 25.1 Å². The van der Waals surface area contributed by atoms with Gasteiger partial charge in [-0.25, -0.2) is 9.37 Å². The molecule has 28 heavy (non-hydrogen) atoms. The van der Waals surface area contributed by atoms with Crippen LogP contribution in [-0.2, 0) is 7.05 Å². The fourth-order valence-electron chi connectivity index (χ4n) is 3.82. The van der Waals surface area contributed by atoms with E-state index in [0.717, 1.165) is 11.0 Å². The van der Waals surface area contributed by atoms with Crippen molar-refractivity contribution in [3.63, 3.8) is 0 Å². The van der Waals surface area contributed by atoms with E-state index >= 15 is 0 Å². The van der Waals surface area contributed by atoms with E-state index in [1.165, 1.54) is 24.5 Å². The minimum atomic E-state index is -0.621. The van der Waals surface area contributed by atoms with Crippen molar-refractivity contribution >= 4 is 16.9 Å². The lowest BCUT2D eigenvalue weighted by molar-refractivity contribution is 0.0902. The Labute approximate surface area is 164 Å². The molecule has 2 aromatic heterocycles. The zero-order valence-corrected chi connectivity index (χ0v) is 16.8. The Morgan fingerprint density at radius 1 is 1.32 bits per heavy atom. The van der Waals surface area contributed by atoms with Crippen LogP contribution in [0.15, 0.2) is 42.7 Å². The average Bonchev–Trinajstić information content (AvgIpc) is 3.45. The van der Waals surface area contributed by atoms with E-state index < -0.39 is 5.54 Å². The summed E-state index contributed by atoms with van der Waals surface area (Å²) in [5.41, 5.74) is 2.69. The molecule has 1 amide bonds. The molecule has 1 unspecified atom stereocenters. The molecular weight excluding hydrogens is 353 g/mol. The number of hydrogen-bond donors (Lipinski definition) is 1. The Hall–Kier alpha value is -2.69. The lowest BCUT2D eigenvalue weighted by atomic mass is 9.83. The Morgan fingerprint density at radius 2 is 2.04 bits per heavy atom. The molecule has 5 heteroatoms. The zero-order chi connectivity index (χ0) is 20.1. The van der Waals surface area contributed by atoms with E-state index in [4.69, 9.17) is 0 Å². The number of fused-ring (bicyclic) bond motifs is 1. The van der Waals surface area contributed by atoms with Crippen molar-refractivity contribution in [2.24, 2.45) is 7.05 Å². The second kappa shape index (κ2) is 6.73. The van der Waals surface area contributed by atoms with Gasteiger partial charge in [-0.2, -0.15) is 0 Å². The van der Waals surface area contributed by atoms with Crippen LogP contribution in [0.5, 0.6) is 0 Å². The number of rotatable bonds is 5. The maximum atomic E-state index is 14.2. The number of pyridine rings is 1. The SMILES string of the molecule is CC(c1ccccc1F)C(C)(C)NC(=O)c1cnc2c(c1)c(C1CC1)cn2C. The minimum Gasteiger partial charge on any atom is -0.347 e. The molecular formula is C23H26FN3O. The summed E-state index contributed by atoms with van der Waals surface area (Å²) in [6.45, 7) is 5.78. The number of aryl methyl sites for hydroxylation is 1. The number of nitrogens with one attached hydrogen (secondary N) is 1. The summed E-state index contributed by atoms with van der Waals surface area (Å²) in [4.78, 5) is 17.5. The van der Waals surface area contributed by atoms with Crippen LogP contribution in [0, 0.1) is 5.82 Å². The van der Waals surface area contributed by atoms with Gasteiger partial charge in [-0.3, -0.25) is 4.79 Å². The molecule has 1 saturated carbocycles. The number of hydrogen-bond acceptors (Lipinski definition) is 2. The summed E-state index contributed by atoms with van der Waals surface area (Å²) in [5, 5.41) is 4.13. The smallest absolute Gasteiger partial charge is 0.253 e. The van der Waals surface area contributed by atoms with Gasteiger partial charge >= 0.3 is 0 Å². The highest BCUT2D eigenvalue weighted by Crippen LogP contribution is 2.43. The molecule has 1 N–H and O–H groups in total. The van der Waals surface area contributed by atoms with Crippen molar-refractivity contribution in [3.8, 4) is 0 Å². The van der Waals surface area contributed by atoms with Crippen LogP contribution in [0.25, 0.3) is 11.0 Å². The summed E-state index contributed by atoms with van der Waals surface area (Å²) < 4.78 is 16.2. The van der Waals surface area contributed by atoms with Gasteiger partial charge in [0.2, 0.25) is 0 Å². The van der Waals surface area contributed by atoms with Crippen molar-refractivity contribution in [2.45, 2.75) is 51.0 Å². The second-order valence-corrected chi connectivity index (χ2v) is 8.48. The molecule has 1 atom stereocenters. The Balaban J connectivity index is 1.60. The van der Waals surface area contributed by atoms with Crippen LogP contribution in [0.3, 0.4) is 0 Å². The van der Waals surface area contributed by atoms with Crippen molar-refractivity contribution in [1.82, 2.24) is 14.9 Å². The Morgan fingerprint density at radius 3 is 2.71 bits per heavy atom. The van der Waals surface area contributed by atoms with Crippen LogP contribution >= 0.6 is 0 Å². The molecule has 2 heterocycles. The maximum Gasteiger partial charge on any atom is 0.253 e. The second-order valence-electron chi connectivity index (χ2n) is 8.48. The van der Waals surface area contributed by atoms with Gasteiger partial charge in [-0.05, 0) is 55.9 Å². The molecule has 1 aliphatic carbocycles. The van der Waals surface area contributed by atoms with Gasteiger partial charge < -0.3 is 9.88 Å². The quantitative estimate of drug-likeness (QED) is 0.685. The number of benzene rings is 1. The Kier molecular flexibility index (Phi) is 4.48. The molecule has 4 rings (SSSR count). The first kappa shape index (κ1) is 18.7. The molecule has 3 aromatic rings. The summed E-state index contributed by atoms with van der Waals surface area (Å²) in [7, 11) is 1.99. The summed E-state index contributed by atoms with van der Waals surface area (Å²) in [6.07, 6.45) is 6.14. The van der Waals surface area contributed by atoms with Gasteiger partial charge in [0, 0.05) is 36.3 Å². The third-order valence-corrected chi connectivity index (χ3v) is 6.01. The summed E-state index contributed by atoms with van der Waals surface area (Å²) in [5.74, 6) is -0.0404. The lowest BCUT2D eigenvalue weighted by Crippen LogP contribution is -2.47. The number of amides is 1. The lowest BCUT2D eigenvalue weighted by Gasteiger charge is -2.33. The maximum absolute atomic E-state index is 14.2. The fraction of sp³-hybridized carbons (Fsp3) is 0.391. The highest BCUT2D eigenvalue weighted by molar-refractivity contribution is 5.98. The van der Waals surface area contributed by atoms with Crippen molar-refractivity contribution < 1.29 is 9.18 Å². The van der Waals surface area contributed by atoms with E-state index in [9.17, 15) is 9.18 Å². The van der Waals surface area contributed by atoms with Gasteiger partial charge in [0.15, 0.2) is 0 Å². The molecule has 146 valence electrons.